The molecule has 180 valence electrons. The monoisotopic (exact) mass is 451 g/mol. The minimum atomic E-state index is -1.09. The highest BCUT2D eigenvalue weighted by Crippen LogP contribution is 2.81. The molecule has 5 saturated carbocycles. The lowest BCUT2D eigenvalue weighted by atomic mass is 9.43. The Morgan fingerprint density at radius 3 is 2.56 bits per heavy atom. The molecule has 7 fully saturated rings. The molecule has 8 nitrogen and oxygen atoms in total. The van der Waals surface area contributed by atoms with Gasteiger partial charge in [0.25, 0.3) is 0 Å². The standard InChI is InChI=1S/C24H37NO7/c1-5-25-10-12-6-7-15(29-3)23-16(12)19(26)24(20(23)25)22(31-11-32-24)9-14(28-2)13-8-21(23,27)18(22)17(13)30-4/h12-20,26-27H,5-11H2,1-4H3/t12-,13-,14+,15-,16-,17+,18+,19+,20-,21+,22+,23+,24+/m0/s1. The van der Waals surface area contributed by atoms with E-state index in [2.05, 4.69) is 11.8 Å². The summed E-state index contributed by atoms with van der Waals surface area (Å²) in [6.45, 7) is 4.07. The van der Waals surface area contributed by atoms with Crippen LogP contribution < -0.4 is 0 Å². The maximum absolute atomic E-state index is 13.1. The molecule has 0 aromatic carbocycles. The zero-order valence-electron chi connectivity index (χ0n) is 19.5. The number of rotatable bonds is 4. The van der Waals surface area contributed by atoms with Crippen LogP contribution in [0.4, 0.5) is 0 Å². The van der Waals surface area contributed by atoms with Gasteiger partial charge in [0.2, 0.25) is 0 Å². The normalized spacial score (nSPS) is 64.1. The van der Waals surface area contributed by atoms with Crippen LogP contribution in [-0.2, 0) is 23.7 Å². The van der Waals surface area contributed by atoms with E-state index in [0.717, 1.165) is 25.9 Å². The maximum atomic E-state index is 13.1. The molecule has 0 amide bonds. The number of likely N-dealkylation sites (tertiary alicyclic amines) is 1. The van der Waals surface area contributed by atoms with Crippen LogP contribution in [0.3, 0.4) is 0 Å². The quantitative estimate of drug-likeness (QED) is 0.635. The molecule has 3 spiro atoms. The molecule has 0 aromatic heterocycles. The van der Waals surface area contributed by atoms with Crippen LogP contribution in [0.15, 0.2) is 0 Å². The number of nitrogens with zero attached hydrogens (tertiary/aromatic N) is 1. The summed E-state index contributed by atoms with van der Waals surface area (Å²) in [4.78, 5) is 2.47. The molecular formula is C24H37NO7. The van der Waals surface area contributed by atoms with Crippen LogP contribution in [0.5, 0.6) is 0 Å². The maximum Gasteiger partial charge on any atom is 0.148 e. The summed E-state index contributed by atoms with van der Waals surface area (Å²) in [5.41, 5.74) is -3.51. The van der Waals surface area contributed by atoms with Crippen molar-refractivity contribution in [2.75, 3.05) is 41.2 Å². The van der Waals surface area contributed by atoms with Gasteiger partial charge in [-0.05, 0) is 31.7 Å². The van der Waals surface area contributed by atoms with Gasteiger partial charge in [-0.3, -0.25) is 4.90 Å². The molecule has 13 atom stereocenters. The molecule has 7 aliphatic rings. The molecule has 2 aliphatic heterocycles. The smallest absolute Gasteiger partial charge is 0.148 e. The first kappa shape index (κ1) is 21.0. The molecule has 7 rings (SSSR count). The number of aliphatic hydroxyl groups is 2. The zero-order valence-corrected chi connectivity index (χ0v) is 19.5. The highest BCUT2D eigenvalue weighted by molar-refractivity contribution is 5.45. The fourth-order valence-corrected chi connectivity index (χ4v) is 11.0. The Morgan fingerprint density at radius 1 is 1.06 bits per heavy atom. The molecule has 8 heteroatoms. The fourth-order valence-electron chi connectivity index (χ4n) is 11.0. The Hall–Kier alpha value is -0.320. The topological polar surface area (TPSA) is 89.9 Å². The van der Waals surface area contributed by atoms with Gasteiger partial charge in [0.05, 0.1) is 41.5 Å². The highest BCUT2D eigenvalue weighted by atomic mass is 16.7. The predicted molar refractivity (Wildman–Crippen MR) is 112 cm³/mol. The fraction of sp³-hybridized carbons (Fsp3) is 1.00. The van der Waals surface area contributed by atoms with Crippen LogP contribution >= 0.6 is 0 Å². The van der Waals surface area contributed by atoms with Crippen molar-refractivity contribution in [2.45, 2.75) is 79.9 Å². The van der Waals surface area contributed by atoms with Crippen molar-refractivity contribution in [3.63, 3.8) is 0 Å². The molecular weight excluding hydrogens is 414 g/mol. The van der Waals surface area contributed by atoms with Crippen LogP contribution in [0.2, 0.25) is 0 Å². The van der Waals surface area contributed by atoms with Crippen molar-refractivity contribution in [1.29, 1.82) is 0 Å². The van der Waals surface area contributed by atoms with E-state index >= 15 is 0 Å². The summed E-state index contributed by atoms with van der Waals surface area (Å²) in [6, 6.07) is -0.169. The Morgan fingerprint density at radius 2 is 1.88 bits per heavy atom. The summed E-state index contributed by atoms with van der Waals surface area (Å²) >= 11 is 0. The van der Waals surface area contributed by atoms with Crippen molar-refractivity contribution in [3.8, 4) is 0 Å². The number of methoxy groups -OCH3 is 3. The van der Waals surface area contributed by atoms with Gasteiger partial charge in [-0.1, -0.05) is 6.92 Å². The summed E-state index contributed by atoms with van der Waals surface area (Å²) in [5.74, 6) is 0.00389. The summed E-state index contributed by atoms with van der Waals surface area (Å²) in [7, 11) is 5.24. The van der Waals surface area contributed by atoms with Crippen molar-refractivity contribution in [1.82, 2.24) is 4.90 Å². The number of ether oxygens (including phenoxy) is 5. The van der Waals surface area contributed by atoms with Gasteiger partial charge in [-0.2, -0.15) is 0 Å². The first-order valence-corrected chi connectivity index (χ1v) is 12.4. The molecule has 0 unspecified atom stereocenters. The van der Waals surface area contributed by atoms with Crippen LogP contribution in [0, 0.1) is 29.1 Å². The van der Waals surface area contributed by atoms with E-state index in [4.69, 9.17) is 23.7 Å². The van der Waals surface area contributed by atoms with Crippen LogP contribution in [-0.4, -0.2) is 104 Å². The first-order valence-electron chi connectivity index (χ1n) is 12.4. The van der Waals surface area contributed by atoms with E-state index in [1.165, 1.54) is 0 Å². The molecule has 2 N–H and O–H groups in total. The number of likely N-dealkylation sites (N-methyl/N-ethyl adjacent to an activating group) is 1. The minimum Gasteiger partial charge on any atom is -0.390 e. The Balaban J connectivity index is 1.58. The third-order valence-corrected chi connectivity index (χ3v) is 11.5. The van der Waals surface area contributed by atoms with Gasteiger partial charge in [0.1, 0.15) is 18.0 Å². The molecule has 2 saturated heterocycles. The number of hydrogen-bond acceptors (Lipinski definition) is 8. The van der Waals surface area contributed by atoms with Crippen LogP contribution in [0.25, 0.3) is 0 Å². The molecule has 2 heterocycles. The third-order valence-electron chi connectivity index (χ3n) is 11.5. The van der Waals surface area contributed by atoms with Gasteiger partial charge in [0, 0.05) is 52.0 Å². The Bertz CT molecular complexity index is 828. The second-order valence-electron chi connectivity index (χ2n) is 11.5. The molecule has 5 aliphatic carbocycles. The lowest BCUT2D eigenvalue weighted by molar-refractivity contribution is -0.324. The largest absolute Gasteiger partial charge is 0.390 e. The van der Waals surface area contributed by atoms with Crippen molar-refractivity contribution >= 4 is 0 Å². The average Bonchev–Trinajstić information content (AvgIpc) is 3.34. The lowest BCUT2D eigenvalue weighted by Crippen LogP contribution is -2.85. The number of fused-ring (bicyclic) bond motifs is 1. The average molecular weight is 452 g/mol. The van der Waals surface area contributed by atoms with Gasteiger partial charge in [-0.15, -0.1) is 0 Å². The van der Waals surface area contributed by atoms with E-state index in [1.54, 1.807) is 21.3 Å². The third kappa shape index (κ3) is 1.73. The number of hydrogen-bond donors (Lipinski definition) is 2. The van der Waals surface area contributed by atoms with Gasteiger partial charge < -0.3 is 33.9 Å². The second kappa shape index (κ2) is 6.26. The predicted octanol–water partition coefficient (Wildman–Crippen LogP) is 0.389. The summed E-state index contributed by atoms with van der Waals surface area (Å²) in [6.07, 6.45) is 1.87. The first-order chi connectivity index (χ1) is 15.4. The molecule has 0 radical (unpaired) electrons. The number of aliphatic hydroxyl groups excluding tert-OH is 1. The van der Waals surface area contributed by atoms with Gasteiger partial charge >= 0.3 is 0 Å². The minimum absolute atomic E-state index is 0.0754. The van der Waals surface area contributed by atoms with Crippen LogP contribution in [0.1, 0.15) is 32.6 Å². The van der Waals surface area contributed by atoms with Crippen molar-refractivity contribution in [3.05, 3.63) is 0 Å². The zero-order chi connectivity index (χ0) is 22.3. The van der Waals surface area contributed by atoms with Crippen molar-refractivity contribution in [2.24, 2.45) is 29.1 Å². The Labute approximate surface area is 189 Å². The van der Waals surface area contributed by atoms with E-state index in [1.807, 2.05) is 0 Å². The molecule has 7 bridgehead atoms. The molecule has 32 heavy (non-hydrogen) atoms. The Kier molecular flexibility index (Phi) is 4.11. The van der Waals surface area contributed by atoms with Crippen molar-refractivity contribution < 1.29 is 33.9 Å². The summed E-state index contributed by atoms with van der Waals surface area (Å²) in [5, 5.41) is 25.4. The number of piperidine rings is 1. The van der Waals surface area contributed by atoms with E-state index < -0.39 is 28.3 Å². The van der Waals surface area contributed by atoms with Gasteiger partial charge in [0.15, 0.2) is 0 Å². The summed E-state index contributed by atoms with van der Waals surface area (Å²) < 4.78 is 31.7. The van der Waals surface area contributed by atoms with E-state index in [0.29, 0.717) is 18.8 Å². The lowest BCUT2D eigenvalue weighted by Gasteiger charge is -2.70. The van der Waals surface area contributed by atoms with Gasteiger partial charge in [-0.25, -0.2) is 0 Å². The SMILES string of the molecule is CCN1C[C@@H]2CC[C@H](OC)[C@]34[C@@H]2[C@@H](O)[C@@]2(OCO[C@@]25C[C@@H](OC)[C@@H]2C[C@@]3(O)[C@H]5[C@@H]2OC)[C@@H]14. The highest BCUT2D eigenvalue weighted by Gasteiger charge is 2.96. The van der Waals surface area contributed by atoms with E-state index in [-0.39, 0.29) is 48.9 Å². The van der Waals surface area contributed by atoms with E-state index in [9.17, 15) is 10.2 Å². The second-order valence-corrected chi connectivity index (χ2v) is 11.5. The molecule has 0 aromatic rings.